The molecule has 0 atom stereocenters. The first kappa shape index (κ1) is 12.1. The van der Waals surface area contributed by atoms with Crippen molar-refractivity contribution in [2.24, 2.45) is 0 Å². The minimum absolute atomic E-state index is 1.08. The molecule has 1 aliphatic heterocycles. The molecule has 88 valence electrons. The predicted octanol–water partition coefficient (Wildman–Crippen LogP) is 2.81. The summed E-state index contributed by atoms with van der Waals surface area (Å²) in [5.74, 6) is 2.33. The second kappa shape index (κ2) is 6.42. The Labute approximate surface area is 106 Å². The predicted molar refractivity (Wildman–Crippen MR) is 73.2 cm³/mol. The van der Waals surface area contributed by atoms with Gasteiger partial charge in [-0.2, -0.15) is 11.8 Å². The van der Waals surface area contributed by atoms with E-state index in [0.29, 0.717) is 0 Å². The fraction of sp³-hybridized carbons (Fsp3) is 0.583. The molecule has 0 radical (unpaired) electrons. The summed E-state index contributed by atoms with van der Waals surface area (Å²) in [5, 5.41) is 0. The van der Waals surface area contributed by atoms with E-state index in [1.807, 2.05) is 23.3 Å². The van der Waals surface area contributed by atoms with E-state index in [1.165, 1.54) is 35.8 Å². The Morgan fingerprint density at radius 1 is 1.62 bits per heavy atom. The molecule has 0 aliphatic carbocycles. The van der Waals surface area contributed by atoms with Crippen LogP contribution in [0.3, 0.4) is 0 Å². The van der Waals surface area contributed by atoms with Crippen LogP contribution in [0.25, 0.3) is 0 Å². The van der Waals surface area contributed by atoms with Crippen molar-refractivity contribution in [2.45, 2.75) is 19.4 Å². The van der Waals surface area contributed by atoms with Crippen molar-refractivity contribution in [3.8, 4) is 0 Å². The maximum atomic E-state index is 4.39. The average Bonchev–Trinajstić information content (AvgIpc) is 2.76. The zero-order valence-electron chi connectivity index (χ0n) is 9.52. The van der Waals surface area contributed by atoms with Crippen LogP contribution in [0.5, 0.6) is 0 Å². The van der Waals surface area contributed by atoms with Gasteiger partial charge in [-0.1, -0.05) is 6.08 Å². The molecule has 0 unspecified atom stereocenters. The first-order valence-electron chi connectivity index (χ1n) is 5.72. The van der Waals surface area contributed by atoms with Crippen LogP contribution in [-0.2, 0) is 13.0 Å². The molecule has 2 rings (SSSR count). The van der Waals surface area contributed by atoms with Gasteiger partial charge >= 0.3 is 0 Å². The largest absolute Gasteiger partial charge is 0.298 e. The zero-order chi connectivity index (χ0) is 11.2. The van der Waals surface area contributed by atoms with E-state index in [-0.39, 0.29) is 0 Å². The number of aromatic nitrogens is 1. The first-order chi connectivity index (χ1) is 7.90. The minimum atomic E-state index is 1.08. The summed E-state index contributed by atoms with van der Waals surface area (Å²) in [4.78, 5) is 8.42. The third kappa shape index (κ3) is 3.34. The Hall–Kier alpha value is -0.320. The van der Waals surface area contributed by atoms with Crippen molar-refractivity contribution in [2.75, 3.05) is 24.6 Å². The molecular weight excluding hydrogens is 236 g/mol. The normalized spacial score (nSPS) is 16.0. The van der Waals surface area contributed by atoms with Crippen LogP contribution in [0.2, 0.25) is 0 Å². The van der Waals surface area contributed by atoms with Gasteiger partial charge in [0.05, 0.1) is 11.2 Å². The lowest BCUT2D eigenvalue weighted by Crippen LogP contribution is -2.31. The van der Waals surface area contributed by atoms with Crippen LogP contribution < -0.4 is 0 Å². The topological polar surface area (TPSA) is 16.1 Å². The molecular formula is C12H18N2S2. The van der Waals surface area contributed by atoms with Gasteiger partial charge in [-0.15, -0.1) is 17.9 Å². The van der Waals surface area contributed by atoms with Crippen LogP contribution in [-0.4, -0.2) is 34.5 Å². The van der Waals surface area contributed by atoms with E-state index in [4.69, 9.17) is 0 Å². The van der Waals surface area contributed by atoms with Gasteiger partial charge in [0.25, 0.3) is 0 Å². The van der Waals surface area contributed by atoms with Gasteiger partial charge in [0.2, 0.25) is 0 Å². The lowest BCUT2D eigenvalue weighted by atomic mass is 10.2. The van der Waals surface area contributed by atoms with Crippen LogP contribution in [0.1, 0.15) is 17.0 Å². The molecule has 0 fully saturated rings. The molecule has 0 saturated carbocycles. The third-order valence-corrected chi connectivity index (χ3v) is 4.66. The summed E-state index contributed by atoms with van der Waals surface area (Å²) < 4.78 is 0. The molecule has 2 heterocycles. The lowest BCUT2D eigenvalue weighted by molar-refractivity contribution is 0.257. The van der Waals surface area contributed by atoms with Gasteiger partial charge in [-0.25, -0.2) is 4.98 Å². The monoisotopic (exact) mass is 254 g/mol. The first-order valence-corrected chi connectivity index (χ1v) is 7.76. The van der Waals surface area contributed by atoms with E-state index >= 15 is 0 Å². The van der Waals surface area contributed by atoms with E-state index in [2.05, 4.69) is 16.5 Å². The summed E-state index contributed by atoms with van der Waals surface area (Å²) >= 11 is 3.78. The molecule has 0 saturated heterocycles. The quantitative estimate of drug-likeness (QED) is 0.573. The van der Waals surface area contributed by atoms with E-state index in [0.717, 1.165) is 18.7 Å². The number of hydrogen-bond donors (Lipinski definition) is 0. The summed E-state index contributed by atoms with van der Waals surface area (Å²) in [6.45, 7) is 7.25. The summed E-state index contributed by atoms with van der Waals surface area (Å²) in [6.07, 6.45) is 4.40. The number of thiazole rings is 1. The van der Waals surface area contributed by atoms with Crippen molar-refractivity contribution in [3.05, 3.63) is 28.7 Å². The number of fused-ring (bicyclic) bond motifs is 1. The van der Waals surface area contributed by atoms with Gasteiger partial charge in [-0.3, -0.25) is 4.90 Å². The molecule has 0 N–H and O–H groups in total. The smallest absolute Gasteiger partial charge is 0.0798 e. The maximum absolute atomic E-state index is 4.39. The van der Waals surface area contributed by atoms with E-state index in [9.17, 15) is 0 Å². The fourth-order valence-electron chi connectivity index (χ4n) is 1.92. The maximum Gasteiger partial charge on any atom is 0.0798 e. The van der Waals surface area contributed by atoms with E-state index in [1.54, 1.807) is 11.3 Å². The Bertz CT molecular complexity index is 336. The van der Waals surface area contributed by atoms with Crippen molar-refractivity contribution in [1.82, 2.24) is 9.88 Å². The standard InChI is InChI=1S/C12H18N2S2/c1-2-7-15-8-3-5-14-6-4-11-12(9-14)16-10-13-11/h2,10H,1,3-9H2. The highest BCUT2D eigenvalue weighted by Gasteiger charge is 2.17. The molecule has 0 aromatic carbocycles. The van der Waals surface area contributed by atoms with Gasteiger partial charge in [-0.05, 0) is 18.7 Å². The molecule has 1 aromatic heterocycles. The van der Waals surface area contributed by atoms with Crippen LogP contribution in [0.15, 0.2) is 18.2 Å². The molecule has 1 aliphatic rings. The number of rotatable bonds is 6. The fourth-order valence-corrected chi connectivity index (χ4v) is 3.44. The summed E-state index contributed by atoms with van der Waals surface area (Å²) in [6, 6.07) is 0. The van der Waals surface area contributed by atoms with Crippen LogP contribution in [0, 0.1) is 0 Å². The van der Waals surface area contributed by atoms with Crippen LogP contribution in [0.4, 0.5) is 0 Å². The molecule has 2 nitrogen and oxygen atoms in total. The Kier molecular flexibility index (Phi) is 4.88. The highest BCUT2D eigenvalue weighted by molar-refractivity contribution is 7.99. The zero-order valence-corrected chi connectivity index (χ0v) is 11.2. The highest BCUT2D eigenvalue weighted by Crippen LogP contribution is 2.21. The second-order valence-electron chi connectivity index (χ2n) is 3.97. The third-order valence-electron chi connectivity index (χ3n) is 2.76. The number of thioether (sulfide) groups is 1. The van der Waals surface area contributed by atoms with Crippen molar-refractivity contribution in [3.63, 3.8) is 0 Å². The van der Waals surface area contributed by atoms with Crippen molar-refractivity contribution in [1.29, 1.82) is 0 Å². The van der Waals surface area contributed by atoms with Gasteiger partial charge in [0.1, 0.15) is 0 Å². The molecule has 0 spiro atoms. The minimum Gasteiger partial charge on any atom is -0.298 e. The van der Waals surface area contributed by atoms with Crippen LogP contribution >= 0.6 is 23.1 Å². The molecule has 0 amide bonds. The molecule has 4 heteroatoms. The summed E-state index contributed by atoms with van der Waals surface area (Å²) in [5.41, 5.74) is 3.32. The average molecular weight is 254 g/mol. The Balaban J connectivity index is 1.67. The van der Waals surface area contributed by atoms with Gasteiger partial charge in [0.15, 0.2) is 0 Å². The number of hydrogen-bond acceptors (Lipinski definition) is 4. The highest BCUT2D eigenvalue weighted by atomic mass is 32.2. The molecule has 1 aromatic rings. The lowest BCUT2D eigenvalue weighted by Gasteiger charge is -2.25. The van der Waals surface area contributed by atoms with Crippen molar-refractivity contribution >= 4 is 23.1 Å². The van der Waals surface area contributed by atoms with Gasteiger partial charge in [0, 0.05) is 30.1 Å². The Morgan fingerprint density at radius 3 is 3.44 bits per heavy atom. The molecule has 16 heavy (non-hydrogen) atoms. The number of nitrogens with zero attached hydrogens (tertiary/aromatic N) is 2. The SMILES string of the molecule is C=CCSCCCN1CCc2ncsc2C1. The van der Waals surface area contributed by atoms with Crippen molar-refractivity contribution < 1.29 is 0 Å². The second-order valence-corrected chi connectivity index (χ2v) is 6.05. The van der Waals surface area contributed by atoms with Gasteiger partial charge < -0.3 is 0 Å². The Morgan fingerprint density at radius 2 is 2.56 bits per heavy atom. The van der Waals surface area contributed by atoms with E-state index < -0.39 is 0 Å². The summed E-state index contributed by atoms with van der Waals surface area (Å²) in [7, 11) is 0. The molecule has 0 bridgehead atoms.